The van der Waals surface area contributed by atoms with Gasteiger partial charge >= 0.3 is 5.97 Å². The summed E-state index contributed by atoms with van der Waals surface area (Å²) in [7, 11) is 0. The largest absolute Gasteiger partial charge is 0.452 e. The van der Waals surface area contributed by atoms with Crippen LogP contribution in [0.1, 0.15) is 45.6 Å². The number of rotatable bonds is 5. The van der Waals surface area contributed by atoms with Crippen molar-refractivity contribution in [1.82, 2.24) is 4.98 Å². The molecule has 0 spiro atoms. The fraction of sp³-hybridized carbons (Fsp3) is 0.231. The van der Waals surface area contributed by atoms with Crippen LogP contribution in [0.2, 0.25) is 4.34 Å². The van der Waals surface area contributed by atoms with Crippen LogP contribution < -0.4 is 5.32 Å². The fourth-order valence-corrected chi connectivity index (χ4v) is 6.50. The van der Waals surface area contributed by atoms with E-state index in [0.29, 0.717) is 37.1 Å². The smallest absolute Gasteiger partial charge is 0.339 e. The lowest BCUT2D eigenvalue weighted by atomic mass is 10.1. The second-order valence-electron chi connectivity index (χ2n) is 8.18. The first-order valence-corrected chi connectivity index (χ1v) is 13.2. The molecule has 0 saturated carbocycles. The van der Waals surface area contributed by atoms with Crippen LogP contribution in [0.3, 0.4) is 0 Å². The number of amides is 1. The van der Waals surface area contributed by atoms with Crippen molar-refractivity contribution in [3.05, 3.63) is 68.4 Å². The molecule has 0 radical (unpaired) electrons. The van der Waals surface area contributed by atoms with Crippen LogP contribution in [0.5, 0.6) is 0 Å². The number of aromatic nitrogens is 1. The Morgan fingerprint density at radius 3 is 2.74 bits per heavy atom. The third-order valence-electron chi connectivity index (χ3n) is 5.88. The van der Waals surface area contributed by atoms with Gasteiger partial charge in [0, 0.05) is 10.3 Å². The molecule has 176 valence electrons. The fourth-order valence-electron chi connectivity index (χ4n) is 4.24. The first-order valence-electron chi connectivity index (χ1n) is 11.2. The van der Waals surface area contributed by atoms with E-state index < -0.39 is 18.5 Å². The number of nitriles is 1. The highest BCUT2D eigenvalue weighted by molar-refractivity contribution is 7.19. The molecule has 1 aromatic carbocycles. The van der Waals surface area contributed by atoms with Gasteiger partial charge in [-0.2, -0.15) is 5.26 Å². The van der Waals surface area contributed by atoms with Crippen LogP contribution in [0.25, 0.3) is 21.5 Å². The lowest BCUT2D eigenvalue weighted by Crippen LogP contribution is -2.21. The van der Waals surface area contributed by atoms with Crippen molar-refractivity contribution >= 4 is 62.1 Å². The van der Waals surface area contributed by atoms with Gasteiger partial charge in [-0.25, -0.2) is 9.78 Å². The minimum atomic E-state index is -0.620. The van der Waals surface area contributed by atoms with Gasteiger partial charge in [-0.15, -0.1) is 22.7 Å². The molecule has 0 atom stereocenters. The number of nitrogens with one attached hydrogen (secondary N) is 1. The standard InChI is InChI=1S/C26H20ClN3O3S2/c27-23-11-10-22(34-23)20-12-17(15-6-4-5-8-19(15)29-20)26(32)33-14-24(31)30-25-18(13-28)16-7-2-1-3-9-21(16)35-25/h4-6,8,10-12H,1-3,7,9,14H2,(H,30,31). The molecule has 4 aromatic rings. The number of pyridine rings is 1. The Balaban J connectivity index is 1.34. The van der Waals surface area contributed by atoms with E-state index in [2.05, 4.69) is 16.4 Å². The van der Waals surface area contributed by atoms with Gasteiger partial charge in [0.25, 0.3) is 5.91 Å². The molecule has 1 aliphatic rings. The van der Waals surface area contributed by atoms with Gasteiger partial charge < -0.3 is 10.1 Å². The highest BCUT2D eigenvalue weighted by Gasteiger charge is 2.22. The summed E-state index contributed by atoms with van der Waals surface area (Å²) in [5.41, 5.74) is 3.15. The third-order valence-corrected chi connectivity index (χ3v) is 8.34. The van der Waals surface area contributed by atoms with Gasteiger partial charge in [0.15, 0.2) is 6.61 Å². The number of esters is 1. The van der Waals surface area contributed by atoms with Gasteiger partial charge in [-0.1, -0.05) is 36.2 Å². The van der Waals surface area contributed by atoms with E-state index in [1.165, 1.54) is 22.7 Å². The summed E-state index contributed by atoms with van der Waals surface area (Å²) in [5.74, 6) is -1.10. The molecule has 0 unspecified atom stereocenters. The molecule has 9 heteroatoms. The molecule has 1 N–H and O–H groups in total. The second kappa shape index (κ2) is 10.2. The number of carbonyl (C=O) groups excluding carboxylic acids is 2. The van der Waals surface area contributed by atoms with Gasteiger partial charge in [-0.05, 0) is 55.5 Å². The maximum Gasteiger partial charge on any atom is 0.339 e. The van der Waals surface area contributed by atoms with Crippen molar-refractivity contribution in [3.63, 3.8) is 0 Å². The molecule has 0 aliphatic heterocycles. The number of fused-ring (bicyclic) bond motifs is 2. The maximum absolute atomic E-state index is 13.0. The molecule has 6 nitrogen and oxygen atoms in total. The topological polar surface area (TPSA) is 92.1 Å². The Bertz CT molecular complexity index is 1490. The van der Waals surface area contributed by atoms with E-state index >= 15 is 0 Å². The van der Waals surface area contributed by atoms with Crippen molar-refractivity contribution < 1.29 is 14.3 Å². The summed E-state index contributed by atoms with van der Waals surface area (Å²) in [5, 5.41) is 13.6. The van der Waals surface area contributed by atoms with E-state index in [1.807, 2.05) is 24.3 Å². The van der Waals surface area contributed by atoms with E-state index in [4.69, 9.17) is 16.3 Å². The Morgan fingerprint density at radius 1 is 1.11 bits per heavy atom. The van der Waals surface area contributed by atoms with E-state index in [9.17, 15) is 14.9 Å². The summed E-state index contributed by atoms with van der Waals surface area (Å²) in [6.45, 7) is -0.455. The molecule has 5 rings (SSSR count). The molecule has 1 aliphatic carbocycles. The molecule has 0 bridgehead atoms. The minimum Gasteiger partial charge on any atom is -0.452 e. The predicted molar refractivity (Wildman–Crippen MR) is 139 cm³/mol. The lowest BCUT2D eigenvalue weighted by molar-refractivity contribution is -0.119. The zero-order valence-corrected chi connectivity index (χ0v) is 21.0. The van der Waals surface area contributed by atoms with E-state index in [1.54, 1.807) is 18.2 Å². The van der Waals surface area contributed by atoms with Crippen molar-refractivity contribution in [2.75, 3.05) is 11.9 Å². The number of ether oxygens (including phenoxy) is 1. The molecule has 1 amide bonds. The number of carbonyl (C=O) groups is 2. The average Bonchev–Trinajstić information content (AvgIpc) is 3.36. The Hall–Kier alpha value is -3.25. The third kappa shape index (κ3) is 4.94. The van der Waals surface area contributed by atoms with Crippen molar-refractivity contribution in [3.8, 4) is 16.6 Å². The molecule has 3 heterocycles. The van der Waals surface area contributed by atoms with Crippen LogP contribution in [0.4, 0.5) is 5.00 Å². The number of hydrogen-bond acceptors (Lipinski definition) is 7. The van der Waals surface area contributed by atoms with Crippen LogP contribution in [-0.2, 0) is 22.4 Å². The van der Waals surface area contributed by atoms with Gasteiger partial charge in [0.2, 0.25) is 0 Å². The molecule has 3 aromatic heterocycles. The number of benzene rings is 1. The molecule has 0 fully saturated rings. The maximum atomic E-state index is 13.0. The zero-order chi connectivity index (χ0) is 24.4. The van der Waals surface area contributed by atoms with Gasteiger partial charge in [-0.3, -0.25) is 4.79 Å². The summed E-state index contributed by atoms with van der Waals surface area (Å²) < 4.78 is 6.01. The SMILES string of the molecule is N#Cc1c(NC(=O)COC(=O)c2cc(-c3ccc(Cl)s3)nc3ccccc23)sc2c1CCCCC2. The van der Waals surface area contributed by atoms with E-state index in [-0.39, 0.29) is 0 Å². The Labute approximate surface area is 215 Å². The quantitative estimate of drug-likeness (QED) is 0.235. The highest BCUT2D eigenvalue weighted by atomic mass is 35.5. The normalized spacial score (nSPS) is 13.0. The number of aryl methyl sites for hydroxylation is 1. The monoisotopic (exact) mass is 521 g/mol. The molecular weight excluding hydrogens is 502 g/mol. The van der Waals surface area contributed by atoms with E-state index in [0.717, 1.165) is 47.4 Å². The number of anilines is 1. The summed E-state index contributed by atoms with van der Waals surface area (Å²) in [6.07, 6.45) is 5.06. The van der Waals surface area contributed by atoms with Crippen LogP contribution in [0, 0.1) is 11.3 Å². The summed E-state index contributed by atoms with van der Waals surface area (Å²) >= 11 is 8.90. The number of hydrogen-bond donors (Lipinski definition) is 1. The summed E-state index contributed by atoms with van der Waals surface area (Å²) in [4.78, 5) is 32.3. The Kier molecular flexibility index (Phi) is 6.82. The number of halogens is 1. The van der Waals surface area contributed by atoms with Crippen molar-refractivity contribution in [2.45, 2.75) is 32.1 Å². The van der Waals surface area contributed by atoms with Crippen LogP contribution >= 0.6 is 34.3 Å². The summed E-state index contributed by atoms with van der Waals surface area (Å²) in [6, 6.07) is 14.8. The number of para-hydroxylation sites is 1. The molecule has 35 heavy (non-hydrogen) atoms. The average molecular weight is 522 g/mol. The van der Waals surface area contributed by atoms with Crippen LogP contribution in [-0.4, -0.2) is 23.5 Å². The van der Waals surface area contributed by atoms with Crippen molar-refractivity contribution in [1.29, 1.82) is 5.26 Å². The lowest BCUT2D eigenvalue weighted by Gasteiger charge is -2.10. The predicted octanol–water partition coefficient (Wildman–Crippen LogP) is 6.61. The first-order chi connectivity index (χ1) is 17.0. The van der Waals surface area contributed by atoms with Crippen molar-refractivity contribution in [2.24, 2.45) is 0 Å². The number of nitrogens with zero attached hydrogens (tertiary/aromatic N) is 2. The Morgan fingerprint density at radius 2 is 1.94 bits per heavy atom. The highest BCUT2D eigenvalue weighted by Crippen LogP contribution is 2.37. The number of thiophene rings is 2. The minimum absolute atomic E-state index is 0.323. The van der Waals surface area contributed by atoms with Gasteiger partial charge in [0.05, 0.1) is 31.6 Å². The molecule has 0 saturated heterocycles. The zero-order valence-electron chi connectivity index (χ0n) is 18.6. The van der Waals surface area contributed by atoms with Crippen LogP contribution in [0.15, 0.2) is 42.5 Å². The second-order valence-corrected chi connectivity index (χ2v) is 11.0. The molecular formula is C26H20ClN3O3S2. The first kappa shape index (κ1) is 23.5. The van der Waals surface area contributed by atoms with Gasteiger partial charge in [0.1, 0.15) is 11.1 Å².